The number of ether oxygens (including phenoxy) is 5. The molecule has 0 heterocycles. The Labute approximate surface area is 279 Å². The van der Waals surface area contributed by atoms with E-state index in [1.54, 1.807) is 0 Å². The fraction of sp³-hybridized carbons (Fsp3) is 0.350. The molecule has 0 radical (unpaired) electrons. The maximum atomic E-state index is 11.8. The van der Waals surface area contributed by atoms with E-state index in [0.29, 0.717) is 12.4 Å². The van der Waals surface area contributed by atoms with E-state index in [0.717, 1.165) is 22.3 Å². The van der Waals surface area contributed by atoms with Crippen LogP contribution in [0, 0.1) is 5.41 Å². The zero-order valence-corrected chi connectivity index (χ0v) is 27.4. The van der Waals surface area contributed by atoms with Crippen molar-refractivity contribution in [2.45, 2.75) is 64.7 Å². The Morgan fingerprint density at radius 2 is 1.02 bits per heavy atom. The van der Waals surface area contributed by atoms with Gasteiger partial charge in [0.05, 0.1) is 46.2 Å². The largest absolute Gasteiger partial charge is 0.495 e. The lowest BCUT2D eigenvalue weighted by Crippen LogP contribution is -2.51. The van der Waals surface area contributed by atoms with Crippen LogP contribution in [0.2, 0.25) is 0 Å². The first kappa shape index (κ1) is 36.0. The highest BCUT2D eigenvalue weighted by Crippen LogP contribution is 2.27. The highest BCUT2D eigenvalue weighted by molar-refractivity contribution is 5.17. The first-order valence-corrected chi connectivity index (χ1v) is 16.0. The maximum absolute atomic E-state index is 11.8. The van der Waals surface area contributed by atoms with Crippen molar-refractivity contribution in [2.24, 2.45) is 5.41 Å². The van der Waals surface area contributed by atoms with Crippen molar-refractivity contribution in [3.05, 3.63) is 156 Å². The predicted molar refractivity (Wildman–Crippen MR) is 183 cm³/mol. The summed E-state index contributed by atoms with van der Waals surface area (Å²) in [6.45, 7) is 9.25. The monoisotopic (exact) mass is 640 g/mol. The summed E-state index contributed by atoms with van der Waals surface area (Å²) in [7, 11) is 0. The molecule has 0 aromatic heterocycles. The van der Waals surface area contributed by atoms with E-state index >= 15 is 0 Å². The Kier molecular flexibility index (Phi) is 14.6. The summed E-state index contributed by atoms with van der Waals surface area (Å²) < 4.78 is 31.9. The molecule has 0 amide bonds. The van der Waals surface area contributed by atoms with E-state index < -0.39 is 29.8 Å². The van der Waals surface area contributed by atoms with Crippen LogP contribution in [0.5, 0.6) is 0 Å². The molecule has 4 aromatic rings. The molecule has 4 unspecified atom stereocenters. The quantitative estimate of drug-likeness (QED) is 0.0962. The van der Waals surface area contributed by atoms with Crippen molar-refractivity contribution >= 4 is 0 Å². The van der Waals surface area contributed by atoms with Crippen LogP contribution >= 0.6 is 0 Å². The third-order valence-electron chi connectivity index (χ3n) is 7.64. The Balaban J connectivity index is 1.65. The minimum absolute atomic E-state index is 0.00414. The molecule has 4 rings (SSSR count). The summed E-state index contributed by atoms with van der Waals surface area (Å²) >= 11 is 0. The molecule has 0 bridgehead atoms. The lowest BCUT2D eigenvalue weighted by Gasteiger charge is -2.37. The van der Waals surface area contributed by atoms with Crippen molar-refractivity contribution in [1.29, 1.82) is 0 Å². The first-order chi connectivity index (χ1) is 22.8. The van der Waals surface area contributed by atoms with E-state index in [9.17, 15) is 10.2 Å². The van der Waals surface area contributed by atoms with E-state index in [1.807, 2.05) is 135 Å². The van der Waals surface area contributed by atoms with Gasteiger partial charge in [-0.05, 0) is 22.3 Å². The molecule has 7 nitrogen and oxygen atoms in total. The minimum atomic E-state index is -1.09. The summed E-state index contributed by atoms with van der Waals surface area (Å²) in [5.74, 6) is 0.311. The molecule has 0 fully saturated rings. The maximum Gasteiger partial charge on any atom is 0.143 e. The Morgan fingerprint density at radius 1 is 0.617 bits per heavy atom. The Hall–Kier alpha value is -3.82. The van der Waals surface area contributed by atoms with Gasteiger partial charge < -0.3 is 33.9 Å². The number of hydrogen-bond acceptors (Lipinski definition) is 7. The lowest BCUT2D eigenvalue weighted by atomic mass is 9.96. The average molecular weight is 641 g/mol. The molecule has 4 aromatic carbocycles. The van der Waals surface area contributed by atoms with Crippen LogP contribution in [-0.4, -0.2) is 54.4 Å². The molecule has 2 N–H and O–H groups in total. The van der Waals surface area contributed by atoms with Gasteiger partial charge in [-0.1, -0.05) is 142 Å². The first-order valence-electron chi connectivity index (χ1n) is 16.0. The second-order valence-corrected chi connectivity index (χ2v) is 12.4. The second-order valence-electron chi connectivity index (χ2n) is 12.4. The molecule has 0 aliphatic heterocycles. The Bertz CT molecular complexity index is 1410. The molecule has 4 atom stereocenters. The molecule has 0 aliphatic rings. The van der Waals surface area contributed by atoms with E-state index in [1.165, 1.54) is 0 Å². The molecule has 7 heteroatoms. The summed E-state index contributed by atoms with van der Waals surface area (Å²) in [5.41, 5.74) is 3.33. The number of hydrogen-bond donors (Lipinski definition) is 2. The van der Waals surface area contributed by atoms with Crippen molar-refractivity contribution in [1.82, 2.24) is 0 Å². The molecule has 0 spiro atoms. The van der Waals surface area contributed by atoms with Crippen LogP contribution in [0.15, 0.2) is 134 Å². The lowest BCUT2D eigenvalue weighted by molar-refractivity contribution is -0.187. The third-order valence-corrected chi connectivity index (χ3v) is 7.64. The zero-order chi connectivity index (χ0) is 33.3. The van der Waals surface area contributed by atoms with Crippen LogP contribution in [0.25, 0.3) is 0 Å². The molecule has 0 aliphatic carbocycles. The van der Waals surface area contributed by atoms with Gasteiger partial charge >= 0.3 is 0 Å². The van der Waals surface area contributed by atoms with Gasteiger partial charge in [0.1, 0.15) is 30.2 Å². The number of aliphatic hydroxyl groups excluding tert-OH is 2. The van der Waals surface area contributed by atoms with E-state index in [2.05, 4.69) is 6.58 Å². The normalized spacial score (nSPS) is 14.2. The van der Waals surface area contributed by atoms with Crippen LogP contribution in [-0.2, 0) is 50.1 Å². The topological polar surface area (TPSA) is 86.6 Å². The third kappa shape index (κ3) is 12.4. The van der Waals surface area contributed by atoms with Gasteiger partial charge in [0.15, 0.2) is 0 Å². The van der Waals surface area contributed by atoms with Crippen LogP contribution in [0.4, 0.5) is 0 Å². The molecule has 0 saturated carbocycles. The van der Waals surface area contributed by atoms with Gasteiger partial charge in [0.2, 0.25) is 0 Å². The fourth-order valence-corrected chi connectivity index (χ4v) is 4.83. The van der Waals surface area contributed by atoms with Crippen LogP contribution in [0.3, 0.4) is 0 Å². The van der Waals surface area contributed by atoms with Gasteiger partial charge in [-0.2, -0.15) is 0 Å². The molecular weight excluding hydrogens is 592 g/mol. The van der Waals surface area contributed by atoms with Gasteiger partial charge in [-0.25, -0.2) is 0 Å². The summed E-state index contributed by atoms with van der Waals surface area (Å²) in [5, 5.41) is 21.6. The van der Waals surface area contributed by atoms with Gasteiger partial charge in [0.25, 0.3) is 0 Å². The van der Waals surface area contributed by atoms with Crippen molar-refractivity contribution in [2.75, 3.05) is 19.8 Å². The minimum Gasteiger partial charge on any atom is -0.495 e. The van der Waals surface area contributed by atoms with Crippen molar-refractivity contribution in [3.63, 3.8) is 0 Å². The SMILES string of the molecule is C=C(OCC(C)(C)CO)C(OCc1ccccc1)C(OCc1ccccc1)C(OCc1ccccc1)C(O)COCc1ccccc1. The molecular formula is C40H48O7. The van der Waals surface area contributed by atoms with Gasteiger partial charge in [0, 0.05) is 5.41 Å². The Morgan fingerprint density at radius 3 is 1.47 bits per heavy atom. The van der Waals surface area contributed by atoms with Crippen molar-refractivity contribution < 1.29 is 33.9 Å². The van der Waals surface area contributed by atoms with E-state index in [-0.39, 0.29) is 39.6 Å². The number of aliphatic hydroxyl groups is 2. The molecule has 250 valence electrons. The van der Waals surface area contributed by atoms with Crippen LogP contribution in [0.1, 0.15) is 36.1 Å². The predicted octanol–water partition coefficient (Wildman–Crippen LogP) is 6.87. The summed E-state index contributed by atoms with van der Waals surface area (Å²) in [6.07, 6.45) is -3.70. The van der Waals surface area contributed by atoms with Gasteiger partial charge in [-0.15, -0.1) is 0 Å². The average Bonchev–Trinajstić information content (AvgIpc) is 3.11. The summed E-state index contributed by atoms with van der Waals surface area (Å²) in [4.78, 5) is 0. The van der Waals surface area contributed by atoms with Crippen molar-refractivity contribution in [3.8, 4) is 0 Å². The van der Waals surface area contributed by atoms with Crippen LogP contribution < -0.4 is 0 Å². The smallest absolute Gasteiger partial charge is 0.143 e. The van der Waals surface area contributed by atoms with E-state index in [4.69, 9.17) is 23.7 Å². The molecule has 0 saturated heterocycles. The second kappa shape index (κ2) is 19.1. The number of rotatable bonds is 21. The number of benzene rings is 4. The highest BCUT2D eigenvalue weighted by atomic mass is 16.6. The molecule has 47 heavy (non-hydrogen) atoms. The summed E-state index contributed by atoms with van der Waals surface area (Å²) in [6, 6.07) is 39.2. The zero-order valence-electron chi connectivity index (χ0n) is 27.4. The highest BCUT2D eigenvalue weighted by Gasteiger charge is 2.40. The standard InChI is InChI=1S/C40H48O7/c1-31(47-30-40(2,3)29-41)37(44-25-33-18-10-5-11-19-33)39(46-27-35-22-14-7-15-23-35)38(45-26-34-20-12-6-13-21-34)36(42)28-43-24-32-16-8-4-9-17-32/h4-23,36-39,41-42H,1,24-30H2,2-3H3. The van der Waals surface area contributed by atoms with Gasteiger partial charge in [-0.3, -0.25) is 0 Å². The fourth-order valence-electron chi connectivity index (χ4n) is 4.83.